The number of allylic oxidation sites excluding steroid dienone is 1. The second-order valence-electron chi connectivity index (χ2n) is 7.09. The minimum atomic E-state index is -0.186. The predicted octanol–water partition coefficient (Wildman–Crippen LogP) is 5.09. The second-order valence-corrected chi connectivity index (χ2v) is 7.09. The first-order chi connectivity index (χ1) is 14.1. The molecule has 29 heavy (non-hydrogen) atoms. The van der Waals surface area contributed by atoms with Gasteiger partial charge in [0.2, 0.25) is 0 Å². The number of hydrogen-bond acceptors (Lipinski definition) is 5. The Morgan fingerprint density at radius 3 is 2.45 bits per heavy atom. The van der Waals surface area contributed by atoms with Gasteiger partial charge >= 0.3 is 5.97 Å². The Hall–Kier alpha value is -3.08. The molecule has 1 saturated carbocycles. The number of carbonyl (C=O) groups is 2. The van der Waals surface area contributed by atoms with Crippen LogP contribution in [0.3, 0.4) is 0 Å². The first kappa shape index (κ1) is 20.6. The minimum Gasteiger partial charge on any atom is -0.497 e. The Bertz CT molecular complexity index is 894. The molecule has 0 N–H and O–H groups in total. The van der Waals surface area contributed by atoms with E-state index >= 15 is 0 Å². The number of ether oxygens (including phenoxy) is 3. The number of carbonyl (C=O) groups excluding carboxylic acids is 2. The zero-order valence-electron chi connectivity index (χ0n) is 16.9. The van der Waals surface area contributed by atoms with Crippen LogP contribution in [0.25, 0.3) is 6.08 Å². The van der Waals surface area contributed by atoms with E-state index in [1.807, 2.05) is 12.1 Å². The third kappa shape index (κ3) is 5.47. The zero-order valence-corrected chi connectivity index (χ0v) is 16.9. The molecule has 0 aromatic heterocycles. The van der Waals surface area contributed by atoms with Gasteiger partial charge in [-0.15, -0.1) is 0 Å². The molecule has 1 aliphatic carbocycles. The summed E-state index contributed by atoms with van der Waals surface area (Å²) >= 11 is 0. The van der Waals surface area contributed by atoms with Crippen LogP contribution in [0.15, 0.2) is 48.5 Å². The second kappa shape index (κ2) is 9.92. The van der Waals surface area contributed by atoms with E-state index < -0.39 is 0 Å². The molecule has 2 aromatic rings. The largest absolute Gasteiger partial charge is 0.497 e. The van der Waals surface area contributed by atoms with Crippen molar-refractivity contribution in [3.8, 4) is 17.2 Å². The lowest BCUT2D eigenvalue weighted by Gasteiger charge is -2.19. The van der Waals surface area contributed by atoms with Crippen molar-refractivity contribution in [1.82, 2.24) is 0 Å². The molecule has 0 unspecified atom stereocenters. The third-order valence-electron chi connectivity index (χ3n) is 5.12. The summed E-state index contributed by atoms with van der Waals surface area (Å²) in [5.41, 5.74) is 1.23. The summed E-state index contributed by atoms with van der Waals surface area (Å²) in [5, 5.41) is 0. The van der Waals surface area contributed by atoms with Gasteiger partial charge in [0.25, 0.3) is 0 Å². The smallest absolute Gasteiger partial charge is 0.314 e. The SMILES string of the molecule is COc1ccc(C(=O)/C=C/c2cccc(OC(=O)C3CCCCC3)c2)c(OC)c1. The average molecular weight is 394 g/mol. The molecule has 5 nitrogen and oxygen atoms in total. The monoisotopic (exact) mass is 394 g/mol. The van der Waals surface area contributed by atoms with E-state index in [-0.39, 0.29) is 17.7 Å². The fourth-order valence-corrected chi connectivity index (χ4v) is 3.48. The molecule has 1 fully saturated rings. The van der Waals surface area contributed by atoms with Crippen LogP contribution in [0.5, 0.6) is 17.2 Å². The van der Waals surface area contributed by atoms with E-state index in [9.17, 15) is 9.59 Å². The van der Waals surface area contributed by atoms with Crippen molar-refractivity contribution in [2.75, 3.05) is 14.2 Å². The Kier molecular flexibility index (Phi) is 7.06. The molecule has 0 radical (unpaired) electrons. The van der Waals surface area contributed by atoms with Crippen molar-refractivity contribution in [2.24, 2.45) is 5.92 Å². The van der Waals surface area contributed by atoms with Crippen LogP contribution < -0.4 is 14.2 Å². The van der Waals surface area contributed by atoms with Crippen molar-refractivity contribution in [3.63, 3.8) is 0 Å². The van der Waals surface area contributed by atoms with Crippen LogP contribution in [-0.4, -0.2) is 26.0 Å². The number of benzene rings is 2. The molecule has 0 spiro atoms. The van der Waals surface area contributed by atoms with Crippen LogP contribution in [0.4, 0.5) is 0 Å². The summed E-state index contributed by atoms with van der Waals surface area (Å²) in [6.45, 7) is 0. The van der Waals surface area contributed by atoms with Crippen molar-refractivity contribution in [2.45, 2.75) is 32.1 Å². The van der Waals surface area contributed by atoms with Crippen LogP contribution in [-0.2, 0) is 4.79 Å². The van der Waals surface area contributed by atoms with Crippen LogP contribution in [0.2, 0.25) is 0 Å². The Morgan fingerprint density at radius 1 is 0.931 bits per heavy atom. The van der Waals surface area contributed by atoms with Crippen molar-refractivity contribution in [1.29, 1.82) is 0 Å². The van der Waals surface area contributed by atoms with Gasteiger partial charge in [-0.1, -0.05) is 37.5 Å². The lowest BCUT2D eigenvalue weighted by atomic mass is 9.89. The number of methoxy groups -OCH3 is 2. The van der Waals surface area contributed by atoms with Crippen molar-refractivity contribution >= 4 is 17.8 Å². The summed E-state index contributed by atoms with van der Waals surface area (Å²) in [6.07, 6.45) is 8.33. The molecule has 5 heteroatoms. The molecule has 0 saturated heterocycles. The average Bonchev–Trinajstić information content (AvgIpc) is 2.77. The van der Waals surface area contributed by atoms with Gasteiger partial charge in [0.05, 0.1) is 25.7 Å². The molecular weight excluding hydrogens is 368 g/mol. The number of hydrogen-bond donors (Lipinski definition) is 0. The normalized spacial score (nSPS) is 14.6. The predicted molar refractivity (Wildman–Crippen MR) is 112 cm³/mol. The molecular formula is C24H26O5. The van der Waals surface area contributed by atoms with E-state index in [4.69, 9.17) is 14.2 Å². The lowest BCUT2D eigenvalue weighted by Crippen LogP contribution is -2.22. The highest BCUT2D eigenvalue weighted by molar-refractivity contribution is 6.08. The van der Waals surface area contributed by atoms with Gasteiger partial charge in [-0.25, -0.2) is 0 Å². The summed E-state index contributed by atoms with van der Waals surface area (Å²) in [4.78, 5) is 24.9. The van der Waals surface area contributed by atoms with Gasteiger partial charge in [-0.3, -0.25) is 9.59 Å². The minimum absolute atomic E-state index is 0.00735. The van der Waals surface area contributed by atoms with Crippen molar-refractivity contribution < 1.29 is 23.8 Å². The fourth-order valence-electron chi connectivity index (χ4n) is 3.48. The van der Waals surface area contributed by atoms with Crippen LogP contribution >= 0.6 is 0 Å². The summed E-state index contributed by atoms with van der Waals surface area (Å²) in [7, 11) is 3.07. The molecule has 0 atom stereocenters. The van der Waals surface area contributed by atoms with Gasteiger partial charge in [-0.2, -0.15) is 0 Å². The molecule has 0 amide bonds. The van der Waals surface area contributed by atoms with E-state index in [0.717, 1.165) is 31.2 Å². The van der Waals surface area contributed by atoms with Gasteiger partial charge in [0.15, 0.2) is 5.78 Å². The lowest BCUT2D eigenvalue weighted by molar-refractivity contribution is -0.139. The Balaban J connectivity index is 1.68. The number of ketones is 1. The Labute approximate surface area is 171 Å². The molecule has 0 bridgehead atoms. The maximum absolute atomic E-state index is 12.6. The van der Waals surface area contributed by atoms with E-state index in [2.05, 4.69) is 0 Å². The number of rotatable bonds is 7. The molecule has 2 aromatic carbocycles. The van der Waals surface area contributed by atoms with Gasteiger partial charge in [-0.05, 0) is 48.7 Å². The Morgan fingerprint density at radius 2 is 1.72 bits per heavy atom. The highest BCUT2D eigenvalue weighted by Gasteiger charge is 2.23. The topological polar surface area (TPSA) is 61.8 Å². The maximum atomic E-state index is 12.6. The van der Waals surface area contributed by atoms with Crippen molar-refractivity contribution in [3.05, 3.63) is 59.7 Å². The van der Waals surface area contributed by atoms with E-state index in [1.54, 1.807) is 43.5 Å². The fraction of sp³-hybridized carbons (Fsp3) is 0.333. The molecule has 1 aliphatic rings. The quantitative estimate of drug-likeness (QED) is 0.283. The first-order valence-electron chi connectivity index (χ1n) is 9.87. The maximum Gasteiger partial charge on any atom is 0.314 e. The third-order valence-corrected chi connectivity index (χ3v) is 5.12. The summed E-state index contributed by atoms with van der Waals surface area (Å²) < 4.78 is 16.0. The van der Waals surface area contributed by atoms with Crippen LogP contribution in [0.1, 0.15) is 48.0 Å². The van der Waals surface area contributed by atoms with Gasteiger partial charge < -0.3 is 14.2 Å². The van der Waals surface area contributed by atoms with Gasteiger partial charge in [0, 0.05) is 6.07 Å². The van der Waals surface area contributed by atoms with E-state index in [0.29, 0.717) is 22.8 Å². The van der Waals surface area contributed by atoms with Gasteiger partial charge in [0.1, 0.15) is 17.2 Å². The molecule has 0 heterocycles. The number of esters is 1. The summed E-state index contributed by atoms with van der Waals surface area (Å²) in [5.74, 6) is 1.22. The molecule has 3 rings (SSSR count). The van der Waals surface area contributed by atoms with E-state index in [1.165, 1.54) is 19.6 Å². The highest BCUT2D eigenvalue weighted by atomic mass is 16.5. The van der Waals surface area contributed by atoms with Crippen LogP contribution in [0, 0.1) is 5.92 Å². The highest BCUT2D eigenvalue weighted by Crippen LogP contribution is 2.27. The standard InChI is InChI=1S/C24H26O5/c1-27-19-12-13-21(23(16-19)28-2)22(25)14-11-17-7-6-10-20(15-17)29-24(26)18-8-4-3-5-9-18/h6-7,10-16,18H,3-5,8-9H2,1-2H3/b14-11+. The summed E-state index contributed by atoms with van der Waals surface area (Å²) in [6, 6.07) is 12.2. The molecule has 152 valence electrons. The molecule has 0 aliphatic heterocycles. The zero-order chi connectivity index (χ0) is 20.6. The first-order valence-corrected chi connectivity index (χ1v) is 9.87.